The molecule has 4 fully saturated rings. The number of nitrogens with zero attached hydrogens (tertiary/aromatic N) is 2. The monoisotopic (exact) mass is 307 g/mol. The van der Waals surface area contributed by atoms with Gasteiger partial charge in [0.15, 0.2) is 0 Å². The fourth-order valence-corrected chi connectivity index (χ4v) is 5.27. The number of hydrogen-bond acceptors (Lipinski definition) is 4. The quantitative estimate of drug-likeness (QED) is 0.833. The van der Waals surface area contributed by atoms with Gasteiger partial charge in [-0.05, 0) is 38.5 Å². The summed E-state index contributed by atoms with van der Waals surface area (Å²) in [6.45, 7) is 9.32. The minimum absolute atomic E-state index is 0.0848. The summed E-state index contributed by atoms with van der Waals surface area (Å²) in [7, 11) is 0. The first-order valence-corrected chi connectivity index (χ1v) is 9.02. The van der Waals surface area contributed by atoms with Gasteiger partial charge in [0.05, 0.1) is 19.1 Å². The van der Waals surface area contributed by atoms with Gasteiger partial charge in [0.25, 0.3) is 0 Å². The van der Waals surface area contributed by atoms with Gasteiger partial charge < -0.3 is 15.0 Å². The minimum Gasteiger partial charge on any atom is -0.375 e. The molecule has 4 aliphatic heterocycles. The highest BCUT2D eigenvalue weighted by Crippen LogP contribution is 2.47. The zero-order chi connectivity index (χ0) is 15.3. The maximum absolute atomic E-state index is 12.9. The van der Waals surface area contributed by atoms with Crippen molar-refractivity contribution in [1.82, 2.24) is 15.1 Å². The number of ether oxygens (including phenoxy) is 1. The molecule has 0 radical (unpaired) electrons. The van der Waals surface area contributed by atoms with Crippen LogP contribution < -0.4 is 5.32 Å². The van der Waals surface area contributed by atoms with Crippen LogP contribution in [-0.2, 0) is 9.53 Å². The SMILES string of the molecule is CC(C)N1CCO[C@H](CC(=O)N2[C@@H]3CC[C@H]2[C@H]2CNC[C@H]23)C1. The van der Waals surface area contributed by atoms with Crippen molar-refractivity contribution in [1.29, 1.82) is 0 Å². The van der Waals surface area contributed by atoms with Crippen LogP contribution in [0.4, 0.5) is 0 Å². The fourth-order valence-electron chi connectivity index (χ4n) is 5.27. The molecular formula is C17H29N3O2. The summed E-state index contributed by atoms with van der Waals surface area (Å²) in [6.07, 6.45) is 3.08. The highest BCUT2D eigenvalue weighted by molar-refractivity contribution is 5.78. The van der Waals surface area contributed by atoms with E-state index in [1.165, 1.54) is 12.8 Å². The topological polar surface area (TPSA) is 44.8 Å². The summed E-state index contributed by atoms with van der Waals surface area (Å²) < 4.78 is 5.87. The van der Waals surface area contributed by atoms with E-state index in [0.29, 0.717) is 42.3 Å². The van der Waals surface area contributed by atoms with E-state index in [-0.39, 0.29) is 6.10 Å². The first-order valence-electron chi connectivity index (χ1n) is 9.02. The zero-order valence-electron chi connectivity index (χ0n) is 13.8. The summed E-state index contributed by atoms with van der Waals surface area (Å²) in [4.78, 5) is 17.6. The summed E-state index contributed by atoms with van der Waals surface area (Å²) in [5, 5.41) is 3.51. The van der Waals surface area contributed by atoms with Gasteiger partial charge in [-0.3, -0.25) is 9.69 Å². The van der Waals surface area contributed by atoms with Crippen LogP contribution in [0.25, 0.3) is 0 Å². The molecule has 1 N–H and O–H groups in total. The molecule has 2 bridgehead atoms. The van der Waals surface area contributed by atoms with Gasteiger partial charge in [-0.1, -0.05) is 0 Å². The van der Waals surface area contributed by atoms with E-state index < -0.39 is 0 Å². The number of fused-ring (bicyclic) bond motifs is 5. The molecule has 0 aliphatic carbocycles. The van der Waals surface area contributed by atoms with Gasteiger partial charge in [-0.25, -0.2) is 0 Å². The Morgan fingerprint density at radius 3 is 2.55 bits per heavy atom. The van der Waals surface area contributed by atoms with E-state index in [1.54, 1.807) is 0 Å². The molecule has 0 aromatic rings. The van der Waals surface area contributed by atoms with Gasteiger partial charge in [-0.15, -0.1) is 0 Å². The molecular weight excluding hydrogens is 278 g/mol. The maximum Gasteiger partial charge on any atom is 0.225 e. The van der Waals surface area contributed by atoms with Crippen molar-refractivity contribution in [2.75, 3.05) is 32.8 Å². The predicted octanol–water partition coefficient (Wildman–Crippen LogP) is 0.695. The van der Waals surface area contributed by atoms with Crippen LogP contribution in [-0.4, -0.2) is 72.7 Å². The van der Waals surface area contributed by atoms with E-state index in [4.69, 9.17) is 4.74 Å². The van der Waals surface area contributed by atoms with Crippen LogP contribution in [0, 0.1) is 11.8 Å². The third-order valence-electron chi connectivity index (χ3n) is 6.36. The Balaban J connectivity index is 1.39. The van der Waals surface area contributed by atoms with Crippen LogP contribution in [0.5, 0.6) is 0 Å². The fraction of sp³-hybridized carbons (Fsp3) is 0.941. The van der Waals surface area contributed by atoms with Crippen molar-refractivity contribution < 1.29 is 9.53 Å². The largest absolute Gasteiger partial charge is 0.375 e. The van der Waals surface area contributed by atoms with Gasteiger partial charge >= 0.3 is 0 Å². The highest BCUT2D eigenvalue weighted by Gasteiger charge is 2.56. The van der Waals surface area contributed by atoms with Crippen LogP contribution in [0.3, 0.4) is 0 Å². The number of carbonyl (C=O) groups excluding carboxylic acids is 1. The molecule has 0 saturated carbocycles. The number of carbonyl (C=O) groups is 1. The molecule has 4 rings (SSSR count). The first-order chi connectivity index (χ1) is 10.6. The lowest BCUT2D eigenvalue weighted by Crippen LogP contribution is -2.48. The van der Waals surface area contributed by atoms with E-state index in [2.05, 4.69) is 29.0 Å². The molecule has 5 heteroatoms. The van der Waals surface area contributed by atoms with Crippen LogP contribution in [0.1, 0.15) is 33.1 Å². The molecule has 0 aromatic carbocycles. The Labute approximate surface area is 133 Å². The standard InChI is InChI=1S/C17H29N3O2/c1-11(2)19-5-6-22-12(10-19)7-17(21)20-15-3-4-16(20)14-9-18-8-13(14)15/h11-16,18H,3-10H2,1-2H3/t12-,13-,14+,15-,16+/m1/s1. The zero-order valence-corrected chi connectivity index (χ0v) is 13.8. The number of hydrogen-bond donors (Lipinski definition) is 1. The highest BCUT2D eigenvalue weighted by atomic mass is 16.5. The van der Waals surface area contributed by atoms with Gasteiger partial charge in [-0.2, -0.15) is 0 Å². The van der Waals surface area contributed by atoms with E-state index in [0.717, 1.165) is 32.8 Å². The molecule has 5 atom stereocenters. The van der Waals surface area contributed by atoms with Crippen LogP contribution in [0.2, 0.25) is 0 Å². The summed E-state index contributed by atoms with van der Waals surface area (Å²) >= 11 is 0. The first kappa shape index (κ1) is 14.9. The van der Waals surface area contributed by atoms with Crippen molar-refractivity contribution in [2.24, 2.45) is 11.8 Å². The summed E-state index contributed by atoms with van der Waals surface area (Å²) in [5.41, 5.74) is 0. The molecule has 1 amide bonds. The lowest BCUT2D eigenvalue weighted by atomic mass is 9.82. The van der Waals surface area contributed by atoms with E-state index in [9.17, 15) is 4.79 Å². The Morgan fingerprint density at radius 1 is 1.23 bits per heavy atom. The van der Waals surface area contributed by atoms with Crippen LogP contribution in [0.15, 0.2) is 0 Å². The van der Waals surface area contributed by atoms with Crippen molar-refractivity contribution in [2.45, 2.75) is 57.3 Å². The van der Waals surface area contributed by atoms with Crippen molar-refractivity contribution in [3.8, 4) is 0 Å². The molecule has 0 unspecified atom stereocenters. The third kappa shape index (κ3) is 2.38. The predicted molar refractivity (Wildman–Crippen MR) is 84.6 cm³/mol. The van der Waals surface area contributed by atoms with Gasteiger partial charge in [0, 0.05) is 44.3 Å². The number of morpholine rings is 1. The third-order valence-corrected chi connectivity index (χ3v) is 6.36. The van der Waals surface area contributed by atoms with Crippen LogP contribution >= 0.6 is 0 Å². The lowest BCUT2D eigenvalue weighted by Gasteiger charge is -2.36. The Bertz CT molecular complexity index is 424. The minimum atomic E-state index is 0.0848. The molecule has 5 nitrogen and oxygen atoms in total. The Kier molecular flexibility index (Phi) is 3.91. The smallest absolute Gasteiger partial charge is 0.225 e. The average Bonchev–Trinajstić information content (AvgIpc) is 3.19. The molecule has 0 spiro atoms. The van der Waals surface area contributed by atoms with Crippen molar-refractivity contribution in [3.63, 3.8) is 0 Å². The van der Waals surface area contributed by atoms with Gasteiger partial charge in [0.1, 0.15) is 0 Å². The molecule has 0 aromatic heterocycles. The number of nitrogens with one attached hydrogen (secondary N) is 1. The summed E-state index contributed by atoms with van der Waals surface area (Å²) in [6, 6.07) is 1.54. The number of rotatable bonds is 3. The molecule has 124 valence electrons. The average molecular weight is 307 g/mol. The van der Waals surface area contributed by atoms with Gasteiger partial charge in [0.2, 0.25) is 5.91 Å². The Hall–Kier alpha value is -0.650. The second-order valence-corrected chi connectivity index (χ2v) is 7.78. The second-order valence-electron chi connectivity index (χ2n) is 7.78. The molecule has 4 saturated heterocycles. The molecule has 4 aliphatic rings. The molecule has 4 heterocycles. The van der Waals surface area contributed by atoms with Crippen molar-refractivity contribution in [3.05, 3.63) is 0 Å². The maximum atomic E-state index is 12.9. The second kappa shape index (κ2) is 5.77. The van der Waals surface area contributed by atoms with E-state index in [1.807, 2.05) is 0 Å². The summed E-state index contributed by atoms with van der Waals surface area (Å²) in [5.74, 6) is 1.77. The van der Waals surface area contributed by atoms with E-state index >= 15 is 0 Å². The Morgan fingerprint density at radius 2 is 1.91 bits per heavy atom. The number of amides is 1. The van der Waals surface area contributed by atoms with Crippen molar-refractivity contribution >= 4 is 5.91 Å². The molecule has 22 heavy (non-hydrogen) atoms. The normalized spacial score (nSPS) is 41.4. The lowest BCUT2D eigenvalue weighted by molar-refractivity contribution is -0.138.